The molecule has 0 saturated carbocycles. The van der Waals surface area contributed by atoms with Gasteiger partial charge in [0.25, 0.3) is 0 Å². The molecule has 3 nitrogen and oxygen atoms in total. The van der Waals surface area contributed by atoms with E-state index in [1.807, 2.05) is 54.6 Å². The highest BCUT2D eigenvalue weighted by Crippen LogP contribution is 2.38. The van der Waals surface area contributed by atoms with Gasteiger partial charge in [0.15, 0.2) is 5.78 Å². The molecule has 2 aliphatic heterocycles. The lowest BCUT2D eigenvalue weighted by Gasteiger charge is -2.37. The summed E-state index contributed by atoms with van der Waals surface area (Å²) in [5.74, 6) is 1.72. The highest BCUT2D eigenvalue weighted by Gasteiger charge is 2.40. The molecule has 4 rings (SSSR count). The molecule has 2 atom stereocenters. The van der Waals surface area contributed by atoms with E-state index >= 15 is 0 Å². The lowest BCUT2D eigenvalue weighted by Crippen LogP contribution is -2.41. The van der Waals surface area contributed by atoms with Gasteiger partial charge >= 0.3 is 0 Å². The first-order valence-electron chi connectivity index (χ1n) is 8.97. The van der Waals surface area contributed by atoms with Crippen molar-refractivity contribution in [2.24, 2.45) is 5.92 Å². The van der Waals surface area contributed by atoms with Crippen molar-refractivity contribution in [3.8, 4) is 11.5 Å². The Hall–Kier alpha value is -1.94. The van der Waals surface area contributed by atoms with Crippen LogP contribution in [0.1, 0.15) is 42.5 Å². The smallest absolute Gasteiger partial charge is 0.166 e. The molecule has 2 aromatic rings. The number of hydrogen-bond acceptors (Lipinski definition) is 3. The minimum Gasteiger partial charge on any atom is -0.457 e. The molecule has 0 amide bonds. The minimum absolute atomic E-state index is 0.0221. The zero-order valence-electron chi connectivity index (χ0n) is 14.1. The van der Waals surface area contributed by atoms with Crippen molar-refractivity contribution in [2.45, 2.75) is 42.6 Å². The second-order valence-electron chi connectivity index (χ2n) is 6.98. The topological polar surface area (TPSA) is 43.4 Å². The van der Waals surface area contributed by atoms with Crippen LogP contribution < -0.4 is 4.74 Å². The van der Waals surface area contributed by atoms with Crippen LogP contribution in [-0.2, 0) is 10.8 Å². The van der Waals surface area contributed by atoms with Crippen molar-refractivity contribution in [3.05, 3.63) is 60.2 Å². The number of rotatable bonds is 4. The molecule has 2 unspecified atom stereocenters. The summed E-state index contributed by atoms with van der Waals surface area (Å²) in [6, 6.07) is 17.0. The summed E-state index contributed by atoms with van der Waals surface area (Å²) in [7, 11) is -0.728. The molecule has 2 bridgehead atoms. The molecule has 0 aliphatic carbocycles. The van der Waals surface area contributed by atoms with E-state index in [9.17, 15) is 9.00 Å². The summed E-state index contributed by atoms with van der Waals surface area (Å²) in [4.78, 5) is 12.9. The number of carbonyl (C=O) groups excluding carboxylic acids is 1. The minimum atomic E-state index is -0.728. The van der Waals surface area contributed by atoms with Gasteiger partial charge in [-0.15, -0.1) is 0 Å². The summed E-state index contributed by atoms with van der Waals surface area (Å²) in [5.41, 5.74) is 0.733. The van der Waals surface area contributed by atoms with Gasteiger partial charge < -0.3 is 4.74 Å². The largest absolute Gasteiger partial charge is 0.457 e. The van der Waals surface area contributed by atoms with Crippen molar-refractivity contribution in [1.82, 2.24) is 0 Å². The number of para-hydroxylation sites is 1. The maximum atomic E-state index is 12.9. The summed E-state index contributed by atoms with van der Waals surface area (Å²) in [6.45, 7) is 0. The molecule has 0 radical (unpaired) electrons. The lowest BCUT2D eigenvalue weighted by atomic mass is 9.84. The highest BCUT2D eigenvalue weighted by molar-refractivity contribution is 7.86. The zero-order chi connectivity index (χ0) is 17.2. The molecule has 2 fully saturated rings. The molecule has 0 N–H and O–H groups in total. The monoisotopic (exact) mass is 354 g/mol. The number of fused-ring (bicyclic) bond motifs is 2. The molecule has 2 aromatic carbocycles. The molecule has 25 heavy (non-hydrogen) atoms. The van der Waals surface area contributed by atoms with Gasteiger partial charge in [-0.2, -0.15) is 0 Å². The Morgan fingerprint density at radius 1 is 0.880 bits per heavy atom. The van der Waals surface area contributed by atoms with E-state index in [1.54, 1.807) is 0 Å². The molecule has 0 aromatic heterocycles. The number of ether oxygens (including phenoxy) is 1. The summed E-state index contributed by atoms with van der Waals surface area (Å²) in [5, 5.41) is 0.448. The fourth-order valence-corrected chi connectivity index (χ4v) is 6.18. The predicted octanol–water partition coefficient (Wildman–Crippen LogP) is 4.74. The molecular weight excluding hydrogens is 332 g/mol. The molecular formula is C21H22O3S. The number of benzene rings is 2. The maximum absolute atomic E-state index is 12.9. The van der Waals surface area contributed by atoms with Crippen LogP contribution >= 0.6 is 0 Å². The van der Waals surface area contributed by atoms with Gasteiger partial charge in [0.05, 0.1) is 0 Å². The van der Waals surface area contributed by atoms with E-state index < -0.39 is 10.8 Å². The maximum Gasteiger partial charge on any atom is 0.166 e. The second kappa shape index (κ2) is 7.12. The van der Waals surface area contributed by atoms with Crippen LogP contribution in [0.2, 0.25) is 0 Å². The molecule has 0 spiro atoms. The quantitative estimate of drug-likeness (QED) is 0.745. The zero-order valence-corrected chi connectivity index (χ0v) is 14.9. The van der Waals surface area contributed by atoms with E-state index in [1.165, 1.54) is 0 Å². The molecule has 2 aliphatic rings. The SMILES string of the molecule is O=C(c1ccc(Oc2ccccc2)cc1)C1CC2CCCC(C1)S2=O. The fourth-order valence-electron chi connectivity index (χ4n) is 4.00. The Kier molecular flexibility index (Phi) is 4.71. The predicted molar refractivity (Wildman–Crippen MR) is 99.6 cm³/mol. The average Bonchev–Trinajstić information content (AvgIpc) is 2.62. The summed E-state index contributed by atoms with van der Waals surface area (Å²) < 4.78 is 18.1. The molecule has 2 saturated heterocycles. The lowest BCUT2D eigenvalue weighted by molar-refractivity contribution is 0.0895. The van der Waals surface area contributed by atoms with Gasteiger partial charge in [0.2, 0.25) is 0 Å². The van der Waals surface area contributed by atoms with E-state index in [0.717, 1.165) is 49.2 Å². The van der Waals surface area contributed by atoms with Crippen molar-refractivity contribution < 1.29 is 13.7 Å². The Bertz CT molecular complexity index is 753. The standard InChI is InChI=1S/C21H22O3S/c22-21(16-13-19-7-4-8-20(14-16)25(19)23)15-9-11-18(12-10-15)24-17-5-2-1-3-6-17/h1-3,5-6,9-12,16,19-20H,4,7-8,13-14H2. The van der Waals surface area contributed by atoms with E-state index in [0.29, 0.717) is 0 Å². The number of ketones is 1. The molecule has 4 heteroatoms. The number of carbonyl (C=O) groups is 1. The van der Waals surface area contributed by atoms with Crippen molar-refractivity contribution in [3.63, 3.8) is 0 Å². The van der Waals surface area contributed by atoms with Crippen LogP contribution in [0.5, 0.6) is 11.5 Å². The first kappa shape index (κ1) is 16.5. The van der Waals surface area contributed by atoms with Crippen LogP contribution in [0.15, 0.2) is 54.6 Å². The van der Waals surface area contributed by atoms with Crippen molar-refractivity contribution in [2.75, 3.05) is 0 Å². The van der Waals surface area contributed by atoms with Gasteiger partial charge in [-0.3, -0.25) is 9.00 Å². The van der Waals surface area contributed by atoms with Crippen LogP contribution in [0.25, 0.3) is 0 Å². The van der Waals surface area contributed by atoms with E-state index in [-0.39, 0.29) is 22.2 Å². The van der Waals surface area contributed by atoms with Gasteiger partial charge in [-0.25, -0.2) is 0 Å². The van der Waals surface area contributed by atoms with Gasteiger partial charge in [-0.1, -0.05) is 24.6 Å². The third kappa shape index (κ3) is 3.54. The Labute approximate surface area is 150 Å². The van der Waals surface area contributed by atoms with E-state index in [4.69, 9.17) is 4.74 Å². The highest BCUT2D eigenvalue weighted by atomic mass is 32.2. The Morgan fingerprint density at radius 2 is 1.48 bits per heavy atom. The first-order valence-corrected chi connectivity index (χ1v) is 10.2. The average molecular weight is 354 g/mol. The number of hydrogen-bond donors (Lipinski definition) is 0. The Morgan fingerprint density at radius 3 is 2.12 bits per heavy atom. The van der Waals surface area contributed by atoms with Crippen LogP contribution in [0.4, 0.5) is 0 Å². The first-order chi connectivity index (χ1) is 12.2. The van der Waals surface area contributed by atoms with Crippen LogP contribution in [-0.4, -0.2) is 20.5 Å². The third-order valence-electron chi connectivity index (χ3n) is 5.29. The van der Waals surface area contributed by atoms with Gasteiger partial charge in [0.1, 0.15) is 11.5 Å². The normalized spacial score (nSPS) is 28.3. The molecule has 130 valence electrons. The van der Waals surface area contributed by atoms with Crippen molar-refractivity contribution >= 4 is 16.6 Å². The van der Waals surface area contributed by atoms with Gasteiger partial charge in [0, 0.05) is 32.8 Å². The fraction of sp³-hybridized carbons (Fsp3) is 0.381. The van der Waals surface area contributed by atoms with Gasteiger partial charge in [-0.05, 0) is 62.1 Å². The van der Waals surface area contributed by atoms with Crippen LogP contribution in [0, 0.1) is 5.92 Å². The third-order valence-corrected chi connectivity index (χ3v) is 7.46. The molecule has 2 heterocycles. The van der Waals surface area contributed by atoms with Crippen molar-refractivity contribution in [1.29, 1.82) is 0 Å². The number of Topliss-reactive ketones (excluding diaryl/α,β-unsaturated/α-hetero) is 1. The van der Waals surface area contributed by atoms with E-state index in [2.05, 4.69) is 0 Å². The summed E-state index contributed by atoms with van der Waals surface area (Å²) >= 11 is 0. The second-order valence-corrected chi connectivity index (χ2v) is 8.97. The Balaban J connectivity index is 1.45. The van der Waals surface area contributed by atoms with Crippen LogP contribution in [0.3, 0.4) is 0 Å². The summed E-state index contributed by atoms with van der Waals surface area (Å²) in [6.07, 6.45) is 4.75.